The summed E-state index contributed by atoms with van der Waals surface area (Å²) in [5.41, 5.74) is 11.7. The van der Waals surface area contributed by atoms with Crippen LogP contribution in [0.3, 0.4) is 0 Å². The standard InChI is InChI=1S/C17H15N3/c18-14-6-5-12-10-20(11-13(12)9-14)17-7-8-19-16-4-2-1-3-15(16)17/h1-9H,10-11,18H2. The lowest BCUT2D eigenvalue weighted by atomic mass is 10.1. The van der Waals surface area contributed by atoms with Crippen LogP contribution in [0.25, 0.3) is 10.9 Å². The maximum Gasteiger partial charge on any atom is 0.0722 e. The topological polar surface area (TPSA) is 42.1 Å². The van der Waals surface area contributed by atoms with Gasteiger partial charge in [0.15, 0.2) is 0 Å². The van der Waals surface area contributed by atoms with Gasteiger partial charge in [-0.3, -0.25) is 4.98 Å². The van der Waals surface area contributed by atoms with Gasteiger partial charge in [0, 0.05) is 36.0 Å². The molecule has 4 rings (SSSR count). The van der Waals surface area contributed by atoms with Crippen molar-refractivity contribution in [2.24, 2.45) is 0 Å². The summed E-state index contributed by atoms with van der Waals surface area (Å²) in [6.45, 7) is 1.85. The van der Waals surface area contributed by atoms with Gasteiger partial charge in [-0.1, -0.05) is 24.3 Å². The SMILES string of the molecule is Nc1ccc2c(c1)CN(c1ccnc3ccccc13)C2. The third kappa shape index (κ3) is 1.71. The number of anilines is 2. The number of pyridine rings is 1. The number of nitrogens with two attached hydrogens (primary N) is 1. The van der Waals surface area contributed by atoms with E-state index in [1.165, 1.54) is 22.2 Å². The van der Waals surface area contributed by atoms with Crippen LogP contribution in [0.15, 0.2) is 54.7 Å². The first-order valence-electron chi connectivity index (χ1n) is 6.77. The zero-order valence-corrected chi connectivity index (χ0v) is 11.1. The molecule has 0 saturated carbocycles. The van der Waals surface area contributed by atoms with Crippen molar-refractivity contribution >= 4 is 22.3 Å². The second kappa shape index (κ2) is 4.23. The normalized spacial score (nSPS) is 13.7. The summed E-state index contributed by atoms with van der Waals surface area (Å²) < 4.78 is 0. The zero-order valence-electron chi connectivity index (χ0n) is 11.1. The molecule has 98 valence electrons. The fourth-order valence-electron chi connectivity index (χ4n) is 2.94. The van der Waals surface area contributed by atoms with Crippen molar-refractivity contribution in [1.29, 1.82) is 0 Å². The van der Waals surface area contributed by atoms with E-state index in [2.05, 4.69) is 46.3 Å². The molecule has 3 heteroatoms. The van der Waals surface area contributed by atoms with Gasteiger partial charge < -0.3 is 10.6 Å². The number of rotatable bonds is 1. The maximum absolute atomic E-state index is 5.88. The first kappa shape index (κ1) is 11.3. The molecule has 0 amide bonds. The van der Waals surface area contributed by atoms with Crippen LogP contribution in [-0.4, -0.2) is 4.98 Å². The van der Waals surface area contributed by atoms with Gasteiger partial charge in [-0.2, -0.15) is 0 Å². The summed E-state index contributed by atoms with van der Waals surface area (Å²) in [6, 6.07) is 16.6. The summed E-state index contributed by atoms with van der Waals surface area (Å²) in [4.78, 5) is 6.81. The molecule has 0 unspecified atom stereocenters. The van der Waals surface area contributed by atoms with Crippen LogP contribution in [-0.2, 0) is 13.1 Å². The number of nitrogens with zero attached hydrogens (tertiary/aromatic N) is 2. The van der Waals surface area contributed by atoms with Gasteiger partial charge in [0.2, 0.25) is 0 Å². The van der Waals surface area contributed by atoms with Crippen LogP contribution >= 0.6 is 0 Å². The van der Waals surface area contributed by atoms with Crippen LogP contribution in [0, 0.1) is 0 Å². The molecule has 2 N–H and O–H groups in total. The van der Waals surface area contributed by atoms with Crippen molar-refractivity contribution < 1.29 is 0 Å². The first-order chi connectivity index (χ1) is 9.81. The van der Waals surface area contributed by atoms with Gasteiger partial charge in [-0.05, 0) is 35.4 Å². The molecule has 0 aliphatic carbocycles. The number of hydrogen-bond donors (Lipinski definition) is 1. The van der Waals surface area contributed by atoms with E-state index in [1.807, 2.05) is 18.3 Å². The number of aromatic nitrogens is 1. The molecule has 3 aromatic rings. The number of para-hydroxylation sites is 1. The highest BCUT2D eigenvalue weighted by Crippen LogP contribution is 2.33. The van der Waals surface area contributed by atoms with Crippen LogP contribution in [0.4, 0.5) is 11.4 Å². The van der Waals surface area contributed by atoms with Crippen molar-refractivity contribution in [3.05, 3.63) is 65.9 Å². The number of nitrogen functional groups attached to an aromatic ring is 1. The lowest BCUT2D eigenvalue weighted by Gasteiger charge is -2.19. The van der Waals surface area contributed by atoms with Crippen LogP contribution in [0.5, 0.6) is 0 Å². The Hall–Kier alpha value is -2.55. The van der Waals surface area contributed by atoms with E-state index in [0.717, 1.165) is 24.3 Å². The summed E-state index contributed by atoms with van der Waals surface area (Å²) in [5.74, 6) is 0. The highest BCUT2D eigenvalue weighted by Gasteiger charge is 2.20. The maximum atomic E-state index is 5.88. The molecule has 20 heavy (non-hydrogen) atoms. The zero-order chi connectivity index (χ0) is 13.5. The number of hydrogen-bond acceptors (Lipinski definition) is 3. The molecule has 0 spiro atoms. The van der Waals surface area contributed by atoms with E-state index in [4.69, 9.17) is 5.73 Å². The molecular weight excluding hydrogens is 246 g/mol. The minimum Gasteiger partial charge on any atom is -0.399 e. The second-order valence-corrected chi connectivity index (χ2v) is 5.23. The largest absolute Gasteiger partial charge is 0.399 e. The average Bonchev–Trinajstić information content (AvgIpc) is 2.89. The number of fused-ring (bicyclic) bond motifs is 2. The average molecular weight is 261 g/mol. The molecule has 2 heterocycles. The van der Waals surface area contributed by atoms with E-state index < -0.39 is 0 Å². The molecule has 0 bridgehead atoms. The van der Waals surface area contributed by atoms with E-state index in [1.54, 1.807) is 0 Å². The fraction of sp³-hybridized carbons (Fsp3) is 0.118. The summed E-state index contributed by atoms with van der Waals surface area (Å²) >= 11 is 0. The smallest absolute Gasteiger partial charge is 0.0722 e. The lowest BCUT2D eigenvalue weighted by Crippen LogP contribution is -2.14. The van der Waals surface area contributed by atoms with E-state index in [9.17, 15) is 0 Å². The predicted molar refractivity (Wildman–Crippen MR) is 82.5 cm³/mol. The van der Waals surface area contributed by atoms with Crippen LogP contribution < -0.4 is 10.6 Å². The van der Waals surface area contributed by atoms with Gasteiger partial charge in [0.25, 0.3) is 0 Å². The van der Waals surface area contributed by atoms with Crippen molar-refractivity contribution in [2.75, 3.05) is 10.6 Å². The Morgan fingerprint density at radius 1 is 0.950 bits per heavy atom. The fourth-order valence-corrected chi connectivity index (χ4v) is 2.94. The molecule has 0 fully saturated rings. The van der Waals surface area contributed by atoms with Crippen molar-refractivity contribution in [3.8, 4) is 0 Å². The summed E-state index contributed by atoms with van der Waals surface area (Å²) in [7, 11) is 0. The second-order valence-electron chi connectivity index (χ2n) is 5.23. The highest BCUT2D eigenvalue weighted by atomic mass is 15.1. The Balaban J connectivity index is 1.79. The Morgan fingerprint density at radius 3 is 2.75 bits per heavy atom. The van der Waals surface area contributed by atoms with Gasteiger partial charge in [-0.15, -0.1) is 0 Å². The first-order valence-corrected chi connectivity index (χ1v) is 6.77. The minimum absolute atomic E-state index is 0.838. The minimum atomic E-state index is 0.838. The van der Waals surface area contributed by atoms with Crippen molar-refractivity contribution in [2.45, 2.75) is 13.1 Å². The molecular formula is C17H15N3. The van der Waals surface area contributed by atoms with Gasteiger partial charge in [0.1, 0.15) is 0 Å². The van der Waals surface area contributed by atoms with Crippen molar-refractivity contribution in [1.82, 2.24) is 4.98 Å². The molecule has 1 aliphatic heterocycles. The monoisotopic (exact) mass is 261 g/mol. The molecule has 1 aliphatic rings. The quantitative estimate of drug-likeness (QED) is 0.683. The third-order valence-electron chi connectivity index (χ3n) is 3.92. The predicted octanol–water partition coefficient (Wildman–Crippen LogP) is 3.34. The van der Waals surface area contributed by atoms with Gasteiger partial charge in [0.05, 0.1) is 5.52 Å². The molecule has 2 aromatic carbocycles. The molecule has 3 nitrogen and oxygen atoms in total. The summed E-state index contributed by atoms with van der Waals surface area (Å²) in [6.07, 6.45) is 1.88. The van der Waals surface area contributed by atoms with Crippen LogP contribution in [0.1, 0.15) is 11.1 Å². The lowest BCUT2D eigenvalue weighted by molar-refractivity contribution is 0.884. The molecule has 1 aromatic heterocycles. The van der Waals surface area contributed by atoms with Gasteiger partial charge >= 0.3 is 0 Å². The van der Waals surface area contributed by atoms with E-state index >= 15 is 0 Å². The Kier molecular flexibility index (Phi) is 2.39. The van der Waals surface area contributed by atoms with E-state index in [-0.39, 0.29) is 0 Å². The van der Waals surface area contributed by atoms with E-state index in [0.29, 0.717) is 0 Å². The highest BCUT2D eigenvalue weighted by molar-refractivity contribution is 5.91. The molecule has 0 atom stereocenters. The number of benzene rings is 2. The van der Waals surface area contributed by atoms with Gasteiger partial charge in [-0.25, -0.2) is 0 Å². The van der Waals surface area contributed by atoms with Crippen LogP contribution in [0.2, 0.25) is 0 Å². The Bertz CT molecular complexity index is 790. The molecule has 0 saturated heterocycles. The Labute approximate surface area is 117 Å². The summed E-state index contributed by atoms with van der Waals surface area (Å²) in [5, 5.41) is 1.20. The van der Waals surface area contributed by atoms with Crippen molar-refractivity contribution in [3.63, 3.8) is 0 Å². The third-order valence-corrected chi connectivity index (χ3v) is 3.92. The molecule has 0 radical (unpaired) electrons. The Morgan fingerprint density at radius 2 is 1.80 bits per heavy atom.